The molecular formula is C18H23F5N8O3. The maximum Gasteiger partial charge on any atom is 0.389 e. The monoisotopic (exact) mass is 494 g/mol. The average Bonchev–Trinajstić information content (AvgIpc) is 3.16. The molecule has 2 aromatic heterocycles. The highest BCUT2D eigenvalue weighted by molar-refractivity contribution is 5.92. The van der Waals surface area contributed by atoms with Crippen molar-refractivity contribution in [3.8, 4) is 0 Å². The maximum absolute atomic E-state index is 12.3. The minimum absolute atomic E-state index is 0.0363. The highest BCUT2D eigenvalue weighted by Crippen LogP contribution is 2.21. The number of halogens is 5. The maximum atomic E-state index is 12.3. The lowest BCUT2D eigenvalue weighted by molar-refractivity contribution is -0.144. The van der Waals surface area contributed by atoms with Crippen molar-refractivity contribution in [3.63, 3.8) is 0 Å². The fourth-order valence-electron chi connectivity index (χ4n) is 2.61. The number of fused-ring (bicyclic) bond motifs is 1. The van der Waals surface area contributed by atoms with Gasteiger partial charge in [-0.3, -0.25) is 9.59 Å². The molecule has 0 saturated heterocycles. The number of carbonyl (C=O) groups is 2. The summed E-state index contributed by atoms with van der Waals surface area (Å²) in [5.74, 6) is 4.20. The smallest absolute Gasteiger partial charge is 0.389 e. The summed E-state index contributed by atoms with van der Waals surface area (Å²) in [7, 11) is 0. The zero-order chi connectivity index (χ0) is 25.3. The Morgan fingerprint density at radius 2 is 2.00 bits per heavy atom. The van der Waals surface area contributed by atoms with E-state index in [2.05, 4.69) is 25.5 Å². The van der Waals surface area contributed by atoms with Gasteiger partial charge in [0.25, 0.3) is 5.91 Å². The van der Waals surface area contributed by atoms with E-state index in [4.69, 9.17) is 11.6 Å². The van der Waals surface area contributed by atoms with Crippen LogP contribution in [0, 0.1) is 0 Å². The van der Waals surface area contributed by atoms with Gasteiger partial charge < -0.3 is 26.1 Å². The molecule has 11 nitrogen and oxygen atoms in total. The Kier molecular flexibility index (Phi) is 9.49. The first kappa shape index (κ1) is 26.7. The number of imidazole rings is 1. The van der Waals surface area contributed by atoms with E-state index in [-0.39, 0.29) is 25.3 Å². The van der Waals surface area contributed by atoms with Crippen molar-refractivity contribution in [2.75, 3.05) is 13.2 Å². The number of carbonyl (C=O) groups excluding carboxylic acids is 2. The molecule has 2 rings (SSSR count). The zero-order valence-electron chi connectivity index (χ0n) is 17.7. The van der Waals surface area contributed by atoms with Gasteiger partial charge in [0.1, 0.15) is 5.70 Å². The number of hydrogen-bond donors (Lipinski definition) is 4. The number of ether oxygens (including phenoxy) is 1. The number of hydrazine groups is 1. The van der Waals surface area contributed by atoms with Crippen molar-refractivity contribution in [2.24, 2.45) is 11.6 Å². The molecule has 188 valence electrons. The fourth-order valence-corrected chi connectivity index (χ4v) is 2.61. The van der Waals surface area contributed by atoms with Crippen molar-refractivity contribution in [1.82, 2.24) is 30.2 Å². The van der Waals surface area contributed by atoms with Crippen molar-refractivity contribution in [2.45, 2.75) is 38.7 Å². The van der Waals surface area contributed by atoms with E-state index < -0.39 is 44.1 Å². The average molecular weight is 494 g/mol. The van der Waals surface area contributed by atoms with Gasteiger partial charge >= 0.3 is 12.8 Å². The second-order valence-corrected chi connectivity index (χ2v) is 6.85. The van der Waals surface area contributed by atoms with Crippen LogP contribution in [0.3, 0.4) is 0 Å². The van der Waals surface area contributed by atoms with Crippen LogP contribution in [0.2, 0.25) is 0 Å². The van der Waals surface area contributed by atoms with Gasteiger partial charge in [-0.15, -0.1) is 0 Å². The molecule has 2 heterocycles. The van der Waals surface area contributed by atoms with Crippen LogP contribution in [0.5, 0.6) is 0 Å². The van der Waals surface area contributed by atoms with Crippen LogP contribution in [0.1, 0.15) is 24.1 Å². The lowest BCUT2D eigenvalue weighted by Crippen LogP contribution is -2.41. The Morgan fingerprint density at radius 1 is 1.26 bits per heavy atom. The molecule has 0 saturated carbocycles. The van der Waals surface area contributed by atoms with E-state index in [0.717, 1.165) is 11.2 Å². The number of nitrogens with zero attached hydrogens (tertiary/aromatic N) is 4. The summed E-state index contributed by atoms with van der Waals surface area (Å²) in [6, 6.07) is 1.57. The predicted molar refractivity (Wildman–Crippen MR) is 107 cm³/mol. The van der Waals surface area contributed by atoms with E-state index in [1.165, 1.54) is 16.9 Å². The Hall–Kier alpha value is -3.53. The largest absolute Gasteiger partial charge is 0.403 e. The SMILES string of the molecule is N/C=C(/C(=O)NCc1cn2ncc(CNC(=O)CCC(F)(F)F)cc2n1)N(N)CCOC(F)F. The molecule has 2 amide bonds. The van der Waals surface area contributed by atoms with Gasteiger partial charge in [-0.25, -0.2) is 15.3 Å². The summed E-state index contributed by atoms with van der Waals surface area (Å²) in [5.41, 5.74) is 6.49. The zero-order valence-corrected chi connectivity index (χ0v) is 17.7. The topological polar surface area (TPSA) is 153 Å². The van der Waals surface area contributed by atoms with Crippen molar-refractivity contribution in [3.05, 3.63) is 41.6 Å². The van der Waals surface area contributed by atoms with Gasteiger partial charge in [0.05, 0.1) is 44.2 Å². The fraction of sp³-hybridized carbons (Fsp3) is 0.444. The Morgan fingerprint density at radius 3 is 2.65 bits per heavy atom. The van der Waals surface area contributed by atoms with E-state index in [1.54, 1.807) is 6.07 Å². The van der Waals surface area contributed by atoms with Crippen molar-refractivity contribution >= 4 is 17.5 Å². The molecular weight excluding hydrogens is 471 g/mol. The van der Waals surface area contributed by atoms with Crippen LogP contribution in [0.4, 0.5) is 22.0 Å². The first-order valence-electron chi connectivity index (χ1n) is 9.77. The molecule has 0 radical (unpaired) electrons. The van der Waals surface area contributed by atoms with E-state index in [0.29, 0.717) is 16.9 Å². The molecule has 2 aromatic rings. The van der Waals surface area contributed by atoms with Gasteiger partial charge in [-0.2, -0.15) is 27.1 Å². The molecule has 0 spiro atoms. The highest BCUT2D eigenvalue weighted by atomic mass is 19.4. The van der Waals surface area contributed by atoms with E-state index in [1.807, 2.05) is 0 Å². The molecule has 0 atom stereocenters. The number of rotatable bonds is 12. The van der Waals surface area contributed by atoms with Gasteiger partial charge in [0.2, 0.25) is 5.91 Å². The molecule has 0 aliphatic rings. The predicted octanol–water partition coefficient (Wildman–Crippen LogP) is 0.519. The lowest BCUT2D eigenvalue weighted by atomic mass is 10.2. The first-order chi connectivity index (χ1) is 16.0. The summed E-state index contributed by atoms with van der Waals surface area (Å²) < 4.78 is 66.0. The quantitative estimate of drug-likeness (QED) is 0.144. The number of nitrogens with one attached hydrogen (secondary N) is 2. The van der Waals surface area contributed by atoms with E-state index >= 15 is 0 Å². The third-order valence-electron chi connectivity index (χ3n) is 4.26. The Labute approximate surface area is 189 Å². The number of nitrogens with two attached hydrogens (primary N) is 2. The van der Waals surface area contributed by atoms with Crippen LogP contribution in [-0.4, -0.2) is 57.4 Å². The van der Waals surface area contributed by atoms with Crippen molar-refractivity contribution < 1.29 is 36.3 Å². The molecule has 34 heavy (non-hydrogen) atoms. The second kappa shape index (κ2) is 12.1. The number of aromatic nitrogens is 3. The van der Waals surface area contributed by atoms with Gasteiger partial charge in [0.15, 0.2) is 5.65 Å². The number of alkyl halides is 5. The van der Waals surface area contributed by atoms with Gasteiger partial charge in [0, 0.05) is 19.2 Å². The Bertz CT molecular complexity index is 1010. The highest BCUT2D eigenvalue weighted by Gasteiger charge is 2.27. The van der Waals surface area contributed by atoms with Crippen LogP contribution in [0.25, 0.3) is 5.65 Å². The minimum atomic E-state index is -4.41. The lowest BCUT2D eigenvalue weighted by Gasteiger charge is -2.20. The summed E-state index contributed by atoms with van der Waals surface area (Å²) in [6.45, 7) is -3.70. The van der Waals surface area contributed by atoms with Crippen molar-refractivity contribution in [1.29, 1.82) is 0 Å². The molecule has 0 unspecified atom stereocenters. The standard InChI is InChI=1S/C18H23F5N8O3/c19-17(20)34-4-3-30(25)13(6-24)16(33)27-9-12-10-31-14(29-12)5-11(8-28-31)7-26-15(32)1-2-18(21,22)23/h5-6,8,10,17H,1-4,7,9,24-25H2,(H,26,32)(H,27,33)/b13-6-. The molecule has 6 N–H and O–H groups in total. The third-order valence-corrected chi connectivity index (χ3v) is 4.26. The molecule has 0 aromatic carbocycles. The summed E-state index contributed by atoms with van der Waals surface area (Å²) in [4.78, 5) is 28.1. The van der Waals surface area contributed by atoms with E-state index in [9.17, 15) is 31.5 Å². The first-order valence-corrected chi connectivity index (χ1v) is 9.77. The molecule has 0 bridgehead atoms. The molecule has 0 aliphatic carbocycles. The number of amides is 2. The summed E-state index contributed by atoms with van der Waals surface area (Å²) in [5, 5.41) is 9.85. The van der Waals surface area contributed by atoms with Gasteiger partial charge in [-0.05, 0) is 11.6 Å². The third kappa shape index (κ3) is 8.78. The van der Waals surface area contributed by atoms with Crippen LogP contribution in [-0.2, 0) is 27.4 Å². The van der Waals surface area contributed by atoms with Crippen LogP contribution < -0.4 is 22.2 Å². The summed E-state index contributed by atoms with van der Waals surface area (Å²) in [6.07, 6.45) is -2.46. The normalized spacial score (nSPS) is 12.3. The molecule has 0 fully saturated rings. The number of hydrogen-bond acceptors (Lipinski definition) is 8. The Balaban J connectivity index is 1.89. The second-order valence-electron chi connectivity index (χ2n) is 6.85. The van der Waals surface area contributed by atoms with Crippen LogP contribution >= 0.6 is 0 Å². The van der Waals surface area contributed by atoms with Gasteiger partial charge in [-0.1, -0.05) is 0 Å². The molecule has 16 heteroatoms. The molecule has 0 aliphatic heterocycles. The summed E-state index contributed by atoms with van der Waals surface area (Å²) >= 11 is 0. The minimum Gasteiger partial charge on any atom is -0.403 e. The van der Waals surface area contributed by atoms with Crippen LogP contribution in [0.15, 0.2) is 30.4 Å².